The summed E-state index contributed by atoms with van der Waals surface area (Å²) in [7, 11) is 0. The van der Waals surface area contributed by atoms with Gasteiger partial charge in [-0.15, -0.1) is 0 Å². The van der Waals surface area contributed by atoms with Crippen molar-refractivity contribution in [1.29, 1.82) is 0 Å². The van der Waals surface area contributed by atoms with Crippen LogP contribution in [0.4, 0.5) is 10.5 Å². The normalized spacial score (nSPS) is 27.7. The van der Waals surface area contributed by atoms with Gasteiger partial charge in [-0.3, -0.25) is 15.2 Å². The largest absolute Gasteiger partial charge is 0.444 e. The first-order valence-electron chi connectivity index (χ1n) is 8.95. The Labute approximate surface area is 148 Å². The molecule has 0 spiro atoms. The quantitative estimate of drug-likeness (QED) is 0.930. The van der Waals surface area contributed by atoms with Crippen LogP contribution in [0.25, 0.3) is 0 Å². The van der Waals surface area contributed by atoms with Gasteiger partial charge in [0.15, 0.2) is 0 Å². The molecule has 2 atom stereocenters. The fraction of sp³-hybridized carbons (Fsp3) is 0.400. The van der Waals surface area contributed by atoms with E-state index >= 15 is 0 Å². The van der Waals surface area contributed by atoms with Crippen LogP contribution in [0, 0.1) is 5.92 Å². The molecule has 3 aliphatic heterocycles. The number of nitrogens with one attached hydrogen (secondary N) is 1. The molecule has 2 bridgehead atoms. The van der Waals surface area contributed by atoms with Crippen molar-refractivity contribution >= 4 is 11.8 Å². The molecular weight excluding hydrogens is 314 g/mol. The zero-order valence-corrected chi connectivity index (χ0v) is 14.2. The minimum absolute atomic E-state index is 0.0635. The molecule has 3 aliphatic rings. The number of amides is 1. The van der Waals surface area contributed by atoms with Gasteiger partial charge in [0, 0.05) is 24.0 Å². The highest BCUT2D eigenvalue weighted by Gasteiger charge is 2.44. The lowest BCUT2D eigenvalue weighted by Crippen LogP contribution is -2.60. The zero-order chi connectivity index (χ0) is 17.1. The van der Waals surface area contributed by atoms with Crippen molar-refractivity contribution in [1.82, 2.24) is 9.88 Å². The van der Waals surface area contributed by atoms with Gasteiger partial charge in [-0.2, -0.15) is 0 Å². The number of anilines is 1. The molecule has 0 aliphatic carbocycles. The third kappa shape index (κ3) is 3.66. The van der Waals surface area contributed by atoms with E-state index in [-0.39, 0.29) is 18.2 Å². The lowest BCUT2D eigenvalue weighted by Gasteiger charge is -2.50. The van der Waals surface area contributed by atoms with Crippen LogP contribution in [0.2, 0.25) is 0 Å². The van der Waals surface area contributed by atoms with Crippen LogP contribution >= 0.6 is 0 Å². The first-order chi connectivity index (χ1) is 12.3. The predicted octanol–water partition coefficient (Wildman–Crippen LogP) is 3.34. The average Bonchev–Trinajstić information content (AvgIpc) is 2.66. The topological polar surface area (TPSA) is 54.5 Å². The summed E-state index contributed by atoms with van der Waals surface area (Å²) in [5, 5.41) is 2.84. The fourth-order valence-electron chi connectivity index (χ4n) is 4.07. The van der Waals surface area contributed by atoms with Crippen LogP contribution in [-0.2, 0) is 11.2 Å². The van der Waals surface area contributed by atoms with Crippen molar-refractivity contribution in [3.05, 3.63) is 60.4 Å². The van der Waals surface area contributed by atoms with E-state index in [1.807, 2.05) is 42.6 Å². The van der Waals surface area contributed by atoms with Gasteiger partial charge in [0.25, 0.3) is 0 Å². The third-order valence-corrected chi connectivity index (χ3v) is 5.32. The van der Waals surface area contributed by atoms with Crippen LogP contribution in [0.15, 0.2) is 54.9 Å². The maximum absolute atomic E-state index is 12.4. The summed E-state index contributed by atoms with van der Waals surface area (Å²) >= 11 is 0. The van der Waals surface area contributed by atoms with Gasteiger partial charge in [-0.05, 0) is 56.1 Å². The Bertz CT molecular complexity index is 699. The Hall–Kier alpha value is -2.40. The maximum atomic E-state index is 12.4. The highest BCUT2D eigenvalue weighted by Crippen LogP contribution is 2.36. The van der Waals surface area contributed by atoms with Crippen molar-refractivity contribution in [2.75, 3.05) is 18.4 Å². The second-order valence-corrected chi connectivity index (χ2v) is 6.87. The lowest BCUT2D eigenvalue weighted by atomic mass is 9.78. The summed E-state index contributed by atoms with van der Waals surface area (Å²) in [6, 6.07) is 13.7. The first kappa shape index (κ1) is 16.1. The van der Waals surface area contributed by atoms with Crippen LogP contribution in [0.1, 0.15) is 18.4 Å². The maximum Gasteiger partial charge on any atom is 0.411 e. The van der Waals surface area contributed by atoms with E-state index in [4.69, 9.17) is 4.74 Å². The standard InChI is InChI=1S/C20H23N3O2/c24-20(22-17-6-2-1-3-7-17)25-19-16-8-11-23(12-9-16)18(19)13-15-5-4-10-21-14-15/h1-7,10,14,16,18-19H,8-9,11-13H2,(H,22,24)/t18-,19+/m0/s1. The number of hydrogen-bond donors (Lipinski definition) is 1. The van der Waals surface area contributed by atoms with Gasteiger partial charge in [-0.1, -0.05) is 24.3 Å². The van der Waals surface area contributed by atoms with E-state index in [1.165, 1.54) is 5.56 Å². The summed E-state index contributed by atoms with van der Waals surface area (Å²) in [6.07, 6.45) is 6.35. The number of fused-ring (bicyclic) bond motifs is 3. The molecule has 5 nitrogen and oxygen atoms in total. The third-order valence-electron chi connectivity index (χ3n) is 5.32. The van der Waals surface area contributed by atoms with E-state index in [2.05, 4.69) is 21.3 Å². The predicted molar refractivity (Wildman–Crippen MR) is 96.4 cm³/mol. The Morgan fingerprint density at radius 3 is 2.68 bits per heavy atom. The summed E-state index contributed by atoms with van der Waals surface area (Å²) in [5.41, 5.74) is 1.95. The second kappa shape index (κ2) is 7.23. The number of pyridine rings is 1. The molecule has 2 aromatic rings. The van der Waals surface area contributed by atoms with Crippen molar-refractivity contribution < 1.29 is 9.53 Å². The van der Waals surface area contributed by atoms with E-state index in [0.29, 0.717) is 5.92 Å². The summed E-state index contributed by atoms with van der Waals surface area (Å²) in [6.45, 7) is 2.19. The highest BCUT2D eigenvalue weighted by molar-refractivity contribution is 5.84. The molecule has 1 aromatic heterocycles. The minimum atomic E-state index is -0.360. The molecule has 1 N–H and O–H groups in total. The van der Waals surface area contributed by atoms with E-state index in [1.54, 1.807) is 6.20 Å². The molecule has 3 fully saturated rings. The van der Waals surface area contributed by atoms with Gasteiger partial charge >= 0.3 is 6.09 Å². The molecule has 0 unspecified atom stereocenters. The number of rotatable bonds is 4. The van der Waals surface area contributed by atoms with Gasteiger partial charge in [-0.25, -0.2) is 4.79 Å². The minimum Gasteiger partial charge on any atom is -0.444 e. The number of piperidine rings is 3. The van der Waals surface area contributed by atoms with Crippen LogP contribution in [0.5, 0.6) is 0 Å². The molecule has 25 heavy (non-hydrogen) atoms. The van der Waals surface area contributed by atoms with Gasteiger partial charge in [0.2, 0.25) is 0 Å². The molecule has 4 heterocycles. The van der Waals surface area contributed by atoms with Crippen molar-refractivity contribution in [3.8, 4) is 0 Å². The van der Waals surface area contributed by atoms with Gasteiger partial charge in [0.05, 0.1) is 6.04 Å². The molecule has 130 valence electrons. The molecule has 5 rings (SSSR count). The number of ether oxygens (including phenoxy) is 1. The fourth-order valence-corrected chi connectivity index (χ4v) is 4.07. The molecular formula is C20H23N3O2. The van der Waals surface area contributed by atoms with Gasteiger partial charge in [0.1, 0.15) is 6.10 Å². The first-order valence-corrected chi connectivity index (χ1v) is 8.95. The molecule has 3 saturated heterocycles. The summed E-state index contributed by atoms with van der Waals surface area (Å²) in [5.74, 6) is 0.452. The Morgan fingerprint density at radius 2 is 1.96 bits per heavy atom. The highest BCUT2D eigenvalue weighted by atomic mass is 16.6. The van der Waals surface area contributed by atoms with E-state index in [0.717, 1.165) is 38.0 Å². The Kier molecular flexibility index (Phi) is 4.65. The smallest absolute Gasteiger partial charge is 0.411 e. The van der Waals surface area contributed by atoms with Crippen molar-refractivity contribution in [2.45, 2.75) is 31.4 Å². The molecule has 5 heteroatoms. The molecule has 0 radical (unpaired) electrons. The second-order valence-electron chi connectivity index (χ2n) is 6.87. The van der Waals surface area contributed by atoms with Crippen molar-refractivity contribution in [2.24, 2.45) is 5.92 Å². The van der Waals surface area contributed by atoms with E-state index in [9.17, 15) is 4.79 Å². The Balaban J connectivity index is 1.46. The summed E-state index contributed by atoms with van der Waals surface area (Å²) < 4.78 is 5.90. The van der Waals surface area contributed by atoms with E-state index < -0.39 is 0 Å². The van der Waals surface area contributed by atoms with Crippen molar-refractivity contribution in [3.63, 3.8) is 0 Å². The number of aromatic nitrogens is 1. The Morgan fingerprint density at radius 1 is 1.16 bits per heavy atom. The molecule has 0 saturated carbocycles. The molecule has 1 aromatic carbocycles. The number of para-hydroxylation sites is 1. The SMILES string of the molecule is O=C(Nc1ccccc1)O[C@@H]1C2CCN(CC2)[C@H]1Cc1cccnc1. The summed E-state index contributed by atoms with van der Waals surface area (Å²) in [4.78, 5) is 19.1. The van der Waals surface area contributed by atoms with Crippen LogP contribution in [-0.4, -0.2) is 41.2 Å². The number of carbonyl (C=O) groups excluding carboxylic acids is 1. The number of hydrogen-bond acceptors (Lipinski definition) is 4. The average molecular weight is 337 g/mol. The molecule has 1 amide bonds. The number of nitrogens with zero attached hydrogens (tertiary/aromatic N) is 2. The van der Waals surface area contributed by atoms with Gasteiger partial charge < -0.3 is 4.74 Å². The van der Waals surface area contributed by atoms with Crippen LogP contribution < -0.4 is 5.32 Å². The van der Waals surface area contributed by atoms with Crippen LogP contribution in [0.3, 0.4) is 0 Å². The lowest BCUT2D eigenvalue weighted by molar-refractivity contribution is -0.0741. The number of benzene rings is 1. The zero-order valence-electron chi connectivity index (χ0n) is 14.2. The number of carbonyl (C=O) groups is 1. The monoisotopic (exact) mass is 337 g/mol.